The maximum Gasteiger partial charge on any atom is 0.159 e. The van der Waals surface area contributed by atoms with Crippen LogP contribution in [0.5, 0.6) is 0 Å². The lowest BCUT2D eigenvalue weighted by Gasteiger charge is -2.18. The molecule has 1 atom stereocenters. The van der Waals surface area contributed by atoms with E-state index in [0.717, 1.165) is 74.3 Å². The van der Waals surface area contributed by atoms with Crippen molar-refractivity contribution in [2.24, 2.45) is 11.7 Å². The van der Waals surface area contributed by atoms with Crippen molar-refractivity contribution in [3.8, 4) is 0 Å². The molecule has 0 aliphatic rings. The molecule has 40 heavy (non-hydrogen) atoms. The zero-order valence-corrected chi connectivity index (χ0v) is 25.6. The molecule has 8 nitrogen and oxygen atoms in total. The van der Waals surface area contributed by atoms with Gasteiger partial charge in [0.25, 0.3) is 0 Å². The highest BCUT2D eigenvalue weighted by Gasteiger charge is 2.08. The van der Waals surface area contributed by atoms with Crippen LogP contribution < -0.4 is 5.73 Å². The first-order chi connectivity index (χ1) is 19.2. The second-order valence-corrected chi connectivity index (χ2v) is 10.1. The number of nitrogens with zero attached hydrogens (tertiary/aromatic N) is 4. The van der Waals surface area contributed by atoms with Gasteiger partial charge in [-0.25, -0.2) is 9.97 Å². The molecule has 0 fully saturated rings. The molecule has 1 rings (SSSR count). The number of aliphatic hydroxyl groups is 1. The molecule has 4 N–H and O–H groups in total. The summed E-state index contributed by atoms with van der Waals surface area (Å²) in [5.41, 5.74) is 8.24. The summed E-state index contributed by atoms with van der Waals surface area (Å²) in [4.78, 5) is 23.0. The van der Waals surface area contributed by atoms with Crippen molar-refractivity contribution >= 4 is 5.78 Å². The Morgan fingerprint density at radius 2 is 1.90 bits per heavy atom. The average Bonchev–Trinajstić information content (AvgIpc) is 3.05. The number of carbonyl (C=O) groups is 1. The zero-order valence-electron chi connectivity index (χ0n) is 25.6. The molecule has 8 heteroatoms. The Kier molecular flexibility index (Phi) is 22.1. The van der Waals surface area contributed by atoms with Gasteiger partial charge >= 0.3 is 0 Å². The molecule has 0 radical (unpaired) electrons. The smallest absolute Gasteiger partial charge is 0.159 e. The number of H-pyrrole nitrogens is 1. The van der Waals surface area contributed by atoms with Crippen molar-refractivity contribution in [2.75, 3.05) is 32.8 Å². The van der Waals surface area contributed by atoms with E-state index in [1.54, 1.807) is 12.2 Å². The minimum absolute atomic E-state index is 0.0823. The molecule has 0 spiro atoms. The third kappa shape index (κ3) is 18.4. The van der Waals surface area contributed by atoms with Gasteiger partial charge in [-0.1, -0.05) is 72.4 Å². The second kappa shape index (κ2) is 23.9. The summed E-state index contributed by atoms with van der Waals surface area (Å²) < 4.78 is 0. The van der Waals surface area contributed by atoms with Crippen molar-refractivity contribution in [2.45, 2.75) is 79.1 Å². The Morgan fingerprint density at radius 3 is 2.45 bits per heavy atom. The Hall–Kier alpha value is -2.94. The molecule has 0 aliphatic heterocycles. The number of nitrogens with one attached hydrogen (secondary N) is 1. The molecular weight excluding hydrogens is 500 g/mol. The molecule has 0 saturated carbocycles. The Labute approximate surface area is 242 Å². The molecular formula is C32H54N6O2. The quantitative estimate of drug-likeness (QED) is 0.158. The number of aromatic nitrogens is 4. The first kappa shape index (κ1) is 37.1. The van der Waals surface area contributed by atoms with Crippen molar-refractivity contribution in [3.05, 3.63) is 78.7 Å². The van der Waals surface area contributed by atoms with Crippen LogP contribution in [-0.2, 0) is 11.2 Å². The van der Waals surface area contributed by atoms with Gasteiger partial charge in [0.1, 0.15) is 12.2 Å². The molecule has 0 aliphatic carbocycles. The van der Waals surface area contributed by atoms with E-state index in [4.69, 9.17) is 10.8 Å². The van der Waals surface area contributed by atoms with E-state index in [1.165, 1.54) is 6.33 Å². The highest BCUT2D eigenvalue weighted by atomic mass is 16.3. The highest BCUT2D eigenvalue weighted by Crippen LogP contribution is 2.13. The molecule has 0 saturated heterocycles. The summed E-state index contributed by atoms with van der Waals surface area (Å²) in [6.45, 7) is 21.8. The average molecular weight is 555 g/mol. The fraction of sp³-hybridized carbons (Fsp3) is 0.562. The van der Waals surface area contributed by atoms with Gasteiger partial charge in [0.05, 0.1) is 0 Å². The number of ketones is 1. The van der Waals surface area contributed by atoms with Crippen LogP contribution in [-0.4, -0.2) is 68.7 Å². The molecule has 0 bridgehead atoms. The third-order valence-corrected chi connectivity index (χ3v) is 6.22. The standard InChI is InChI=1S/C18H30N2O.C14H24N4O/c1-5-10-20(11-6-2)12-8-9-18(21)14-17(7-3)13-16(4)15-19;1-4-12(5-6-19)7-14-15-8-13(11(2)3)9-17-18-10-16-14/h7-9,13H,3-6,10-12,14-15,19H2,1-2H3;8-12,17,19H,4-7H2,1-3H3/b9-8+,17-13+;. The highest BCUT2D eigenvalue weighted by molar-refractivity contribution is 5.91. The Morgan fingerprint density at radius 1 is 1.20 bits per heavy atom. The molecule has 1 unspecified atom stereocenters. The number of hydrogen-bond donors (Lipinski definition) is 3. The van der Waals surface area contributed by atoms with E-state index < -0.39 is 0 Å². The van der Waals surface area contributed by atoms with Crippen LogP contribution in [0.2, 0.25) is 0 Å². The number of hydrogen-bond acceptors (Lipinski definition) is 7. The summed E-state index contributed by atoms with van der Waals surface area (Å²) in [5.74, 6) is 1.64. The molecule has 1 aromatic rings. The lowest BCUT2D eigenvalue weighted by molar-refractivity contribution is -0.113. The van der Waals surface area contributed by atoms with Crippen LogP contribution in [0.15, 0.2) is 67.3 Å². The van der Waals surface area contributed by atoms with E-state index >= 15 is 0 Å². The monoisotopic (exact) mass is 554 g/mol. The number of carbonyl (C=O) groups excluding carboxylic acids is 1. The second-order valence-electron chi connectivity index (χ2n) is 10.1. The first-order valence-corrected chi connectivity index (χ1v) is 14.6. The third-order valence-electron chi connectivity index (χ3n) is 6.22. The summed E-state index contributed by atoms with van der Waals surface area (Å²) in [6.07, 6.45) is 17.5. The van der Waals surface area contributed by atoms with Gasteiger partial charge in [0.15, 0.2) is 5.78 Å². The molecule has 0 aromatic carbocycles. The molecule has 1 heterocycles. The minimum Gasteiger partial charge on any atom is -0.396 e. The van der Waals surface area contributed by atoms with Crippen molar-refractivity contribution in [1.29, 1.82) is 0 Å². The fourth-order valence-corrected chi connectivity index (χ4v) is 3.80. The van der Waals surface area contributed by atoms with Gasteiger partial charge in [-0.05, 0) is 67.0 Å². The van der Waals surface area contributed by atoms with Crippen LogP contribution in [0.1, 0.15) is 84.0 Å². The van der Waals surface area contributed by atoms with Crippen LogP contribution >= 0.6 is 0 Å². The summed E-state index contributed by atoms with van der Waals surface area (Å²) in [5, 5.41) is 15.9. The van der Waals surface area contributed by atoms with Crippen LogP contribution in [0, 0.1) is 5.92 Å². The SMILES string of the molecule is C=C/C(=C\C(=C)CN)CC(=O)/C=C/CN(CCC)CCC.CCC(CCO)Cc1ncn[nH]cc(C(C)C)cn1. The Balaban J connectivity index is 0.000000763. The lowest BCUT2D eigenvalue weighted by Crippen LogP contribution is -2.25. The van der Waals surface area contributed by atoms with Crippen LogP contribution in [0.3, 0.4) is 0 Å². The fourth-order valence-electron chi connectivity index (χ4n) is 3.80. The number of rotatable bonds is 18. The van der Waals surface area contributed by atoms with E-state index in [1.807, 2.05) is 24.5 Å². The maximum absolute atomic E-state index is 11.9. The van der Waals surface area contributed by atoms with Crippen LogP contribution in [0.4, 0.5) is 0 Å². The summed E-state index contributed by atoms with van der Waals surface area (Å²) in [6, 6.07) is 0. The van der Waals surface area contributed by atoms with Crippen LogP contribution in [0.25, 0.3) is 0 Å². The van der Waals surface area contributed by atoms with Gasteiger partial charge in [0.2, 0.25) is 0 Å². The van der Waals surface area contributed by atoms with E-state index in [-0.39, 0.29) is 12.4 Å². The van der Waals surface area contributed by atoms with Gasteiger partial charge in [-0.2, -0.15) is 5.10 Å². The normalized spacial score (nSPS) is 12.2. The first-order valence-electron chi connectivity index (χ1n) is 14.6. The predicted octanol–water partition coefficient (Wildman–Crippen LogP) is 5.65. The van der Waals surface area contributed by atoms with E-state index in [2.05, 4.69) is 72.8 Å². The van der Waals surface area contributed by atoms with E-state index in [0.29, 0.717) is 24.8 Å². The van der Waals surface area contributed by atoms with Crippen molar-refractivity contribution in [3.63, 3.8) is 0 Å². The zero-order chi connectivity index (χ0) is 30.2. The largest absolute Gasteiger partial charge is 0.396 e. The predicted molar refractivity (Wildman–Crippen MR) is 167 cm³/mol. The maximum atomic E-state index is 11.9. The van der Waals surface area contributed by atoms with Gasteiger partial charge in [0, 0.05) is 44.9 Å². The van der Waals surface area contributed by atoms with Crippen molar-refractivity contribution in [1.82, 2.24) is 25.1 Å². The summed E-state index contributed by atoms with van der Waals surface area (Å²) in [7, 11) is 0. The van der Waals surface area contributed by atoms with Crippen molar-refractivity contribution < 1.29 is 9.90 Å². The topological polar surface area (TPSA) is 121 Å². The van der Waals surface area contributed by atoms with Gasteiger partial charge in [-0.3, -0.25) is 14.8 Å². The molecule has 0 amide bonds. The number of nitrogens with two attached hydrogens (primary N) is 1. The molecule has 1 aromatic heterocycles. The number of aliphatic hydroxyl groups excluding tert-OH is 1. The Bertz CT molecular complexity index is 960. The van der Waals surface area contributed by atoms with Gasteiger partial charge < -0.3 is 10.8 Å². The number of allylic oxidation sites excluding steroid dienone is 3. The van der Waals surface area contributed by atoms with Gasteiger partial charge in [-0.15, -0.1) is 0 Å². The summed E-state index contributed by atoms with van der Waals surface area (Å²) >= 11 is 0. The van der Waals surface area contributed by atoms with E-state index in [9.17, 15) is 4.79 Å². The molecule has 224 valence electrons. The lowest BCUT2D eigenvalue weighted by atomic mass is 9.99. The minimum atomic E-state index is 0.0823. The number of aromatic amines is 1.